The van der Waals surface area contributed by atoms with E-state index in [9.17, 15) is 13.6 Å². The summed E-state index contributed by atoms with van der Waals surface area (Å²) in [6, 6.07) is 2.78. The van der Waals surface area contributed by atoms with Gasteiger partial charge in [0, 0.05) is 12.0 Å². The van der Waals surface area contributed by atoms with Crippen LogP contribution in [0.4, 0.5) is 8.78 Å². The molecular formula is C12H12F2O3. The van der Waals surface area contributed by atoms with Crippen LogP contribution in [0.5, 0.6) is 0 Å². The number of halogens is 2. The summed E-state index contributed by atoms with van der Waals surface area (Å²) in [5, 5.41) is 0. The molecule has 0 spiro atoms. The smallest absolute Gasteiger partial charge is 0.186 e. The highest BCUT2D eigenvalue weighted by molar-refractivity contribution is 5.78. The topological polar surface area (TPSA) is 35.5 Å². The number of hydrogen-bond acceptors (Lipinski definition) is 3. The van der Waals surface area contributed by atoms with Crippen LogP contribution in [0, 0.1) is 11.6 Å². The van der Waals surface area contributed by atoms with E-state index in [2.05, 4.69) is 0 Å². The number of ketones is 1. The predicted octanol–water partition coefficient (Wildman–Crippen LogP) is 2.14. The Hall–Kier alpha value is -1.33. The molecule has 0 N–H and O–H groups in total. The summed E-state index contributed by atoms with van der Waals surface area (Å²) < 4.78 is 37.6. The Labute approximate surface area is 97.3 Å². The van der Waals surface area contributed by atoms with Crippen LogP contribution in [-0.4, -0.2) is 19.0 Å². The number of carbonyl (C=O) groups is 1. The fraction of sp³-hybridized carbons (Fsp3) is 0.417. The van der Waals surface area contributed by atoms with E-state index in [1.54, 1.807) is 0 Å². The van der Waals surface area contributed by atoms with Gasteiger partial charge in [0.1, 0.15) is 5.78 Å². The Kier molecular flexibility index (Phi) is 3.49. The maximum atomic E-state index is 13.7. The van der Waals surface area contributed by atoms with E-state index >= 15 is 0 Å². The highest BCUT2D eigenvalue weighted by atomic mass is 19.2. The fourth-order valence-electron chi connectivity index (χ4n) is 1.73. The number of Topliss-reactive ketones (excluding diaryl/α,β-unsaturated/α-hetero) is 1. The maximum Gasteiger partial charge on any atom is 0.186 e. The van der Waals surface area contributed by atoms with Crippen molar-refractivity contribution in [2.75, 3.05) is 13.2 Å². The molecule has 1 aliphatic heterocycles. The summed E-state index contributed by atoms with van der Waals surface area (Å²) in [4.78, 5) is 10.9. The Bertz CT molecular complexity index is 440. The first-order valence-electron chi connectivity index (χ1n) is 5.29. The van der Waals surface area contributed by atoms with Crippen molar-refractivity contribution in [1.29, 1.82) is 0 Å². The van der Waals surface area contributed by atoms with Gasteiger partial charge in [-0.15, -0.1) is 0 Å². The molecule has 92 valence electrons. The van der Waals surface area contributed by atoms with Gasteiger partial charge >= 0.3 is 0 Å². The Morgan fingerprint density at radius 2 is 1.94 bits per heavy atom. The van der Waals surface area contributed by atoms with Gasteiger partial charge in [0.05, 0.1) is 13.2 Å². The molecule has 0 aromatic heterocycles. The van der Waals surface area contributed by atoms with E-state index in [1.165, 1.54) is 19.1 Å². The van der Waals surface area contributed by atoms with Crippen LogP contribution in [0.25, 0.3) is 0 Å². The van der Waals surface area contributed by atoms with Crippen LogP contribution in [0.1, 0.15) is 24.3 Å². The van der Waals surface area contributed by atoms with Crippen LogP contribution >= 0.6 is 0 Å². The van der Waals surface area contributed by atoms with Crippen molar-refractivity contribution in [3.8, 4) is 0 Å². The Morgan fingerprint density at radius 1 is 1.29 bits per heavy atom. The third-order valence-corrected chi connectivity index (χ3v) is 2.51. The van der Waals surface area contributed by atoms with Crippen LogP contribution in [-0.2, 0) is 20.7 Å². The lowest BCUT2D eigenvalue weighted by Crippen LogP contribution is -2.07. The van der Waals surface area contributed by atoms with Crippen molar-refractivity contribution in [2.45, 2.75) is 19.6 Å². The molecule has 1 heterocycles. The lowest BCUT2D eigenvalue weighted by atomic mass is 10.1. The van der Waals surface area contributed by atoms with E-state index in [0.717, 1.165) is 0 Å². The molecular weight excluding hydrogens is 230 g/mol. The molecule has 0 radical (unpaired) electrons. The third kappa shape index (κ3) is 2.50. The van der Waals surface area contributed by atoms with Crippen molar-refractivity contribution in [3.63, 3.8) is 0 Å². The number of rotatable bonds is 3. The molecule has 0 unspecified atom stereocenters. The number of carbonyl (C=O) groups excluding carboxylic acids is 1. The first-order chi connectivity index (χ1) is 8.09. The average Bonchev–Trinajstić information content (AvgIpc) is 2.78. The minimum absolute atomic E-state index is 0.0345. The molecule has 0 saturated carbocycles. The summed E-state index contributed by atoms with van der Waals surface area (Å²) in [6.45, 7) is 2.05. The van der Waals surface area contributed by atoms with Gasteiger partial charge in [0.25, 0.3) is 0 Å². The molecule has 1 fully saturated rings. The van der Waals surface area contributed by atoms with E-state index in [1.807, 2.05) is 0 Å². The maximum absolute atomic E-state index is 13.7. The zero-order chi connectivity index (χ0) is 12.4. The molecule has 0 atom stereocenters. The second-order valence-electron chi connectivity index (χ2n) is 3.89. The van der Waals surface area contributed by atoms with Gasteiger partial charge in [0.2, 0.25) is 0 Å². The van der Waals surface area contributed by atoms with Crippen LogP contribution in [0.3, 0.4) is 0 Å². The minimum atomic E-state index is -1.00. The number of benzene rings is 1. The van der Waals surface area contributed by atoms with Gasteiger partial charge in [-0.25, -0.2) is 8.78 Å². The van der Waals surface area contributed by atoms with Crippen molar-refractivity contribution < 1.29 is 23.0 Å². The Morgan fingerprint density at radius 3 is 2.53 bits per heavy atom. The highest BCUT2D eigenvalue weighted by Crippen LogP contribution is 2.28. The molecule has 1 aromatic carbocycles. The van der Waals surface area contributed by atoms with E-state index < -0.39 is 17.9 Å². The molecule has 5 heteroatoms. The summed E-state index contributed by atoms with van der Waals surface area (Å²) in [7, 11) is 0. The van der Waals surface area contributed by atoms with Gasteiger partial charge in [-0.05, 0) is 12.5 Å². The molecule has 0 amide bonds. The van der Waals surface area contributed by atoms with Crippen molar-refractivity contribution in [1.82, 2.24) is 0 Å². The summed E-state index contributed by atoms with van der Waals surface area (Å²) in [5.41, 5.74) is 0.0871. The van der Waals surface area contributed by atoms with E-state index in [0.29, 0.717) is 13.2 Å². The summed E-state index contributed by atoms with van der Waals surface area (Å²) in [6.07, 6.45) is -0.967. The molecule has 2 rings (SSSR count). The highest BCUT2D eigenvalue weighted by Gasteiger charge is 2.25. The predicted molar refractivity (Wildman–Crippen MR) is 55.4 cm³/mol. The van der Waals surface area contributed by atoms with Gasteiger partial charge < -0.3 is 9.47 Å². The van der Waals surface area contributed by atoms with Gasteiger partial charge in [0.15, 0.2) is 17.9 Å². The van der Waals surface area contributed by atoms with Crippen LogP contribution in [0.2, 0.25) is 0 Å². The molecule has 0 aliphatic carbocycles. The lowest BCUT2D eigenvalue weighted by molar-refractivity contribution is -0.116. The van der Waals surface area contributed by atoms with Gasteiger partial charge in [-0.1, -0.05) is 12.1 Å². The molecule has 0 bridgehead atoms. The molecule has 17 heavy (non-hydrogen) atoms. The van der Waals surface area contributed by atoms with E-state index in [4.69, 9.17) is 9.47 Å². The standard InChI is InChI=1S/C12H12F2O3/c1-7(15)6-8-2-3-9(11(14)10(8)13)12-16-4-5-17-12/h2-3,12H,4-6H2,1H3. The first kappa shape index (κ1) is 12.1. The normalized spacial score (nSPS) is 16.4. The third-order valence-electron chi connectivity index (χ3n) is 2.51. The average molecular weight is 242 g/mol. The Balaban J connectivity index is 2.31. The largest absolute Gasteiger partial charge is 0.346 e. The van der Waals surface area contributed by atoms with E-state index in [-0.39, 0.29) is 23.3 Å². The lowest BCUT2D eigenvalue weighted by Gasteiger charge is -2.12. The molecule has 1 aromatic rings. The molecule has 3 nitrogen and oxygen atoms in total. The first-order valence-corrected chi connectivity index (χ1v) is 5.29. The molecule has 1 saturated heterocycles. The SMILES string of the molecule is CC(=O)Cc1ccc(C2OCCO2)c(F)c1F. The van der Waals surface area contributed by atoms with Crippen molar-refractivity contribution >= 4 is 5.78 Å². The minimum Gasteiger partial charge on any atom is -0.346 e. The zero-order valence-electron chi connectivity index (χ0n) is 9.33. The quantitative estimate of drug-likeness (QED) is 0.814. The molecule has 1 aliphatic rings. The van der Waals surface area contributed by atoms with Gasteiger partial charge in [-0.2, -0.15) is 0 Å². The van der Waals surface area contributed by atoms with Crippen LogP contribution in [0.15, 0.2) is 12.1 Å². The zero-order valence-corrected chi connectivity index (χ0v) is 9.33. The number of ether oxygens (including phenoxy) is 2. The number of hydrogen-bond donors (Lipinski definition) is 0. The van der Waals surface area contributed by atoms with Crippen molar-refractivity contribution in [3.05, 3.63) is 34.9 Å². The summed E-state index contributed by atoms with van der Waals surface area (Å²) in [5.74, 6) is -2.23. The van der Waals surface area contributed by atoms with Crippen LogP contribution < -0.4 is 0 Å². The second kappa shape index (κ2) is 4.89. The monoisotopic (exact) mass is 242 g/mol. The fourth-order valence-corrected chi connectivity index (χ4v) is 1.73. The van der Waals surface area contributed by atoms with Gasteiger partial charge in [-0.3, -0.25) is 4.79 Å². The summed E-state index contributed by atoms with van der Waals surface area (Å²) >= 11 is 0. The second-order valence-corrected chi connectivity index (χ2v) is 3.89. The van der Waals surface area contributed by atoms with Crippen molar-refractivity contribution in [2.24, 2.45) is 0 Å².